The molecule has 30 heavy (non-hydrogen) atoms. The molecule has 1 amide bonds. The van der Waals surface area contributed by atoms with Gasteiger partial charge in [-0.1, -0.05) is 48.0 Å². The van der Waals surface area contributed by atoms with Crippen LogP contribution >= 0.6 is 23.4 Å². The summed E-state index contributed by atoms with van der Waals surface area (Å²) in [6.07, 6.45) is 1.69. The maximum atomic E-state index is 13.9. The number of nitrogens with one attached hydrogen (secondary N) is 1. The summed E-state index contributed by atoms with van der Waals surface area (Å²) in [5.41, 5.74) is 1.81. The van der Waals surface area contributed by atoms with Gasteiger partial charge in [0.25, 0.3) is 5.91 Å². The van der Waals surface area contributed by atoms with Gasteiger partial charge in [0, 0.05) is 16.1 Å². The fourth-order valence-electron chi connectivity index (χ4n) is 2.78. The predicted molar refractivity (Wildman–Crippen MR) is 119 cm³/mol. The number of hydrogen-bond acceptors (Lipinski definition) is 4. The highest BCUT2D eigenvalue weighted by Gasteiger charge is 2.24. The number of aliphatic imine (C=N–C) groups is 1. The monoisotopic (exact) mass is 438 g/mol. The fraction of sp³-hybridized carbons (Fsp3) is 0.0435. The molecule has 1 N–H and O–H groups in total. The summed E-state index contributed by atoms with van der Waals surface area (Å²) in [6.45, 7) is 0.0601. The molecule has 0 aromatic heterocycles. The van der Waals surface area contributed by atoms with Crippen molar-refractivity contribution in [1.29, 1.82) is 0 Å². The number of amidine groups is 1. The third-order valence-corrected chi connectivity index (χ3v) is 5.38. The summed E-state index contributed by atoms with van der Waals surface area (Å²) in [4.78, 5) is 17.3. The van der Waals surface area contributed by atoms with E-state index in [0.29, 0.717) is 32.0 Å². The maximum Gasteiger partial charge on any atom is 0.264 e. The van der Waals surface area contributed by atoms with E-state index in [1.54, 1.807) is 42.5 Å². The first-order valence-corrected chi connectivity index (χ1v) is 10.3. The zero-order valence-electron chi connectivity index (χ0n) is 15.6. The second-order valence-electron chi connectivity index (χ2n) is 6.38. The summed E-state index contributed by atoms with van der Waals surface area (Å²) < 4.78 is 19.7. The molecular weight excluding hydrogens is 423 g/mol. The normalized spacial score (nSPS) is 16.1. The van der Waals surface area contributed by atoms with Crippen LogP contribution < -0.4 is 10.1 Å². The zero-order chi connectivity index (χ0) is 20.9. The average Bonchev–Trinajstić information content (AvgIpc) is 3.08. The molecule has 1 aliphatic heterocycles. The average molecular weight is 439 g/mol. The van der Waals surface area contributed by atoms with Crippen LogP contribution in [0, 0.1) is 5.82 Å². The van der Waals surface area contributed by atoms with Crippen molar-refractivity contribution in [2.75, 3.05) is 0 Å². The molecule has 1 heterocycles. The Morgan fingerprint density at radius 2 is 1.83 bits per heavy atom. The Morgan fingerprint density at radius 3 is 2.63 bits per heavy atom. The third kappa shape index (κ3) is 4.90. The minimum Gasteiger partial charge on any atom is -0.488 e. The Balaban J connectivity index is 1.57. The van der Waals surface area contributed by atoms with E-state index in [-0.39, 0.29) is 18.3 Å². The molecule has 0 bridgehead atoms. The Hall–Kier alpha value is -3.09. The molecule has 0 saturated carbocycles. The van der Waals surface area contributed by atoms with Gasteiger partial charge in [-0.25, -0.2) is 9.38 Å². The van der Waals surface area contributed by atoms with Crippen molar-refractivity contribution in [2.45, 2.75) is 6.61 Å². The summed E-state index contributed by atoms with van der Waals surface area (Å²) >= 11 is 7.37. The number of hydrogen-bond donors (Lipinski definition) is 1. The molecule has 150 valence electrons. The van der Waals surface area contributed by atoms with Crippen LogP contribution in [0.4, 0.5) is 10.1 Å². The second-order valence-corrected chi connectivity index (χ2v) is 7.85. The molecule has 0 unspecified atom stereocenters. The Labute approximate surface area is 182 Å². The highest BCUT2D eigenvalue weighted by molar-refractivity contribution is 8.18. The van der Waals surface area contributed by atoms with E-state index < -0.39 is 0 Å². The highest BCUT2D eigenvalue weighted by atomic mass is 35.5. The molecule has 4 rings (SSSR count). The molecule has 4 nitrogen and oxygen atoms in total. The molecule has 3 aromatic carbocycles. The van der Waals surface area contributed by atoms with Crippen LogP contribution in [-0.2, 0) is 11.4 Å². The van der Waals surface area contributed by atoms with Gasteiger partial charge >= 0.3 is 0 Å². The van der Waals surface area contributed by atoms with Gasteiger partial charge in [0.2, 0.25) is 0 Å². The van der Waals surface area contributed by atoms with Gasteiger partial charge in [-0.3, -0.25) is 4.79 Å². The number of amides is 1. The van der Waals surface area contributed by atoms with Crippen molar-refractivity contribution in [3.05, 3.63) is 99.7 Å². The number of nitrogens with zero attached hydrogens (tertiary/aromatic N) is 1. The lowest BCUT2D eigenvalue weighted by atomic mass is 10.1. The minimum atomic E-state index is -0.334. The standard InChI is InChI=1S/C23H16ClFN2O2S/c24-17-10-11-20(29-14-15-6-4-5-9-19(15)25)16(12-17)13-21-22(28)27-23(30-21)26-18-7-2-1-3-8-18/h1-13H,14H2,(H,26,27,28). The van der Waals surface area contributed by atoms with E-state index in [0.717, 1.165) is 5.69 Å². The van der Waals surface area contributed by atoms with Crippen LogP contribution in [0.15, 0.2) is 82.7 Å². The lowest BCUT2D eigenvalue weighted by Gasteiger charge is -2.10. The minimum absolute atomic E-state index is 0.0601. The Morgan fingerprint density at radius 1 is 1.07 bits per heavy atom. The van der Waals surface area contributed by atoms with Gasteiger partial charge in [-0.2, -0.15) is 0 Å². The number of benzene rings is 3. The van der Waals surface area contributed by atoms with Crippen molar-refractivity contribution in [1.82, 2.24) is 5.32 Å². The number of halogens is 2. The molecule has 0 aliphatic carbocycles. The molecule has 0 spiro atoms. The SMILES string of the molecule is O=C1NC(=Nc2ccccc2)SC1=Cc1cc(Cl)ccc1OCc1ccccc1F. The van der Waals surface area contributed by atoms with Gasteiger partial charge in [0.15, 0.2) is 5.17 Å². The van der Waals surface area contributed by atoms with Crippen LogP contribution in [0.5, 0.6) is 5.75 Å². The summed E-state index contributed by atoms with van der Waals surface area (Å²) in [5.74, 6) is -0.0921. The molecule has 7 heteroatoms. The first kappa shape index (κ1) is 20.2. The van der Waals surface area contributed by atoms with E-state index in [9.17, 15) is 9.18 Å². The van der Waals surface area contributed by atoms with Crippen molar-refractivity contribution >= 4 is 46.2 Å². The molecule has 3 aromatic rings. The number of rotatable bonds is 5. The largest absolute Gasteiger partial charge is 0.488 e. The third-order valence-electron chi connectivity index (χ3n) is 4.24. The van der Waals surface area contributed by atoms with E-state index in [4.69, 9.17) is 16.3 Å². The number of carbonyl (C=O) groups is 1. The van der Waals surface area contributed by atoms with Crippen LogP contribution in [0.3, 0.4) is 0 Å². The van der Waals surface area contributed by atoms with Crippen molar-refractivity contribution in [3.8, 4) is 5.75 Å². The van der Waals surface area contributed by atoms with Crippen LogP contribution in [-0.4, -0.2) is 11.1 Å². The molecule has 0 radical (unpaired) electrons. The Bertz CT molecular complexity index is 1150. The number of carbonyl (C=O) groups excluding carboxylic acids is 1. The van der Waals surface area contributed by atoms with Gasteiger partial charge in [-0.15, -0.1) is 0 Å². The number of para-hydroxylation sites is 1. The number of ether oxygens (including phenoxy) is 1. The van der Waals surface area contributed by atoms with E-state index in [2.05, 4.69) is 10.3 Å². The van der Waals surface area contributed by atoms with E-state index in [1.807, 2.05) is 30.3 Å². The first-order chi connectivity index (χ1) is 14.6. The Kier molecular flexibility index (Phi) is 6.16. The quantitative estimate of drug-likeness (QED) is 0.501. The summed E-state index contributed by atoms with van der Waals surface area (Å²) in [6, 6.07) is 20.9. The lowest BCUT2D eigenvalue weighted by Crippen LogP contribution is -2.19. The topological polar surface area (TPSA) is 50.7 Å². The van der Waals surface area contributed by atoms with Gasteiger partial charge in [0.1, 0.15) is 18.2 Å². The number of thioether (sulfide) groups is 1. The zero-order valence-corrected chi connectivity index (χ0v) is 17.2. The van der Waals surface area contributed by atoms with Crippen molar-refractivity contribution in [2.24, 2.45) is 4.99 Å². The fourth-order valence-corrected chi connectivity index (χ4v) is 3.79. The van der Waals surface area contributed by atoms with E-state index >= 15 is 0 Å². The van der Waals surface area contributed by atoms with Crippen molar-refractivity contribution in [3.63, 3.8) is 0 Å². The maximum absolute atomic E-state index is 13.9. The molecule has 1 aliphatic rings. The van der Waals surface area contributed by atoms with Gasteiger partial charge in [0.05, 0.1) is 10.6 Å². The van der Waals surface area contributed by atoms with Crippen LogP contribution in [0.1, 0.15) is 11.1 Å². The van der Waals surface area contributed by atoms with Crippen LogP contribution in [0.25, 0.3) is 6.08 Å². The van der Waals surface area contributed by atoms with Gasteiger partial charge in [-0.05, 0) is 54.2 Å². The van der Waals surface area contributed by atoms with Gasteiger partial charge < -0.3 is 10.1 Å². The lowest BCUT2D eigenvalue weighted by molar-refractivity contribution is -0.115. The van der Waals surface area contributed by atoms with Crippen LogP contribution in [0.2, 0.25) is 5.02 Å². The highest BCUT2D eigenvalue weighted by Crippen LogP contribution is 2.32. The first-order valence-electron chi connectivity index (χ1n) is 9.09. The molecule has 1 saturated heterocycles. The predicted octanol–water partition coefficient (Wildman–Crippen LogP) is 5.95. The second kappa shape index (κ2) is 9.15. The van der Waals surface area contributed by atoms with E-state index in [1.165, 1.54) is 17.8 Å². The van der Waals surface area contributed by atoms with Crippen molar-refractivity contribution < 1.29 is 13.9 Å². The molecular formula is C23H16ClFN2O2S. The molecule has 0 atom stereocenters. The summed E-state index contributed by atoms with van der Waals surface area (Å²) in [7, 11) is 0. The summed E-state index contributed by atoms with van der Waals surface area (Å²) in [5, 5.41) is 3.75. The smallest absolute Gasteiger partial charge is 0.264 e. The molecule has 1 fully saturated rings.